The van der Waals surface area contributed by atoms with E-state index in [1.54, 1.807) is 18.3 Å². The van der Waals surface area contributed by atoms with Crippen LogP contribution in [-0.4, -0.2) is 12.6 Å². The van der Waals surface area contributed by atoms with Gasteiger partial charge in [0.1, 0.15) is 4.83 Å². The SMILES string of the molecule is CCOC(=O)C(Br)c1ccsc1. The Bertz CT molecular complexity index is 246. The summed E-state index contributed by atoms with van der Waals surface area (Å²) in [7, 11) is 0. The van der Waals surface area contributed by atoms with Crippen molar-refractivity contribution in [1.29, 1.82) is 0 Å². The van der Waals surface area contributed by atoms with Gasteiger partial charge in [-0.3, -0.25) is 4.79 Å². The van der Waals surface area contributed by atoms with E-state index in [1.165, 1.54) is 0 Å². The number of ether oxygens (including phenoxy) is 1. The van der Waals surface area contributed by atoms with Crippen LogP contribution in [0.25, 0.3) is 0 Å². The van der Waals surface area contributed by atoms with Crippen molar-refractivity contribution in [2.45, 2.75) is 11.8 Å². The van der Waals surface area contributed by atoms with Gasteiger partial charge in [-0.15, -0.1) is 0 Å². The summed E-state index contributed by atoms with van der Waals surface area (Å²) in [5.74, 6) is -0.226. The highest BCUT2D eigenvalue weighted by Gasteiger charge is 2.17. The lowest BCUT2D eigenvalue weighted by molar-refractivity contribution is -0.142. The molecule has 0 bridgehead atoms. The van der Waals surface area contributed by atoms with Gasteiger partial charge in [-0.05, 0) is 29.3 Å². The summed E-state index contributed by atoms with van der Waals surface area (Å²) in [6.07, 6.45) is 0. The topological polar surface area (TPSA) is 26.3 Å². The molecule has 0 amide bonds. The third kappa shape index (κ3) is 2.32. The highest BCUT2D eigenvalue weighted by molar-refractivity contribution is 9.09. The number of rotatable bonds is 3. The lowest BCUT2D eigenvalue weighted by Crippen LogP contribution is -2.09. The lowest BCUT2D eigenvalue weighted by atomic mass is 10.2. The van der Waals surface area contributed by atoms with Gasteiger partial charge in [-0.25, -0.2) is 0 Å². The fourth-order valence-corrected chi connectivity index (χ4v) is 2.05. The summed E-state index contributed by atoms with van der Waals surface area (Å²) < 4.78 is 4.85. The van der Waals surface area contributed by atoms with Gasteiger partial charge >= 0.3 is 5.97 Å². The Morgan fingerprint density at radius 3 is 3.08 bits per heavy atom. The van der Waals surface area contributed by atoms with Crippen molar-refractivity contribution in [2.24, 2.45) is 0 Å². The van der Waals surface area contributed by atoms with E-state index in [9.17, 15) is 4.79 Å². The van der Waals surface area contributed by atoms with Gasteiger partial charge in [0.2, 0.25) is 0 Å². The third-order valence-electron chi connectivity index (χ3n) is 1.33. The molecule has 1 aromatic heterocycles. The van der Waals surface area contributed by atoms with Gasteiger partial charge in [0.25, 0.3) is 0 Å². The Labute approximate surface area is 83.7 Å². The third-order valence-corrected chi connectivity index (χ3v) is 2.93. The minimum absolute atomic E-state index is 0.226. The monoisotopic (exact) mass is 248 g/mol. The summed E-state index contributed by atoms with van der Waals surface area (Å²) in [6, 6.07) is 1.90. The van der Waals surface area contributed by atoms with E-state index in [4.69, 9.17) is 4.74 Å². The Balaban J connectivity index is 2.59. The molecule has 0 aliphatic heterocycles. The van der Waals surface area contributed by atoms with E-state index in [1.807, 2.05) is 16.8 Å². The van der Waals surface area contributed by atoms with Gasteiger partial charge < -0.3 is 4.74 Å². The van der Waals surface area contributed by atoms with Crippen LogP contribution >= 0.6 is 27.3 Å². The van der Waals surface area contributed by atoms with Gasteiger partial charge in [-0.2, -0.15) is 11.3 Å². The van der Waals surface area contributed by atoms with Gasteiger partial charge in [0.15, 0.2) is 0 Å². The van der Waals surface area contributed by atoms with Crippen LogP contribution in [0.2, 0.25) is 0 Å². The van der Waals surface area contributed by atoms with Crippen LogP contribution in [0, 0.1) is 0 Å². The lowest BCUT2D eigenvalue weighted by Gasteiger charge is -2.05. The molecule has 0 spiro atoms. The first-order valence-electron chi connectivity index (χ1n) is 3.58. The first kappa shape index (κ1) is 9.74. The first-order valence-corrected chi connectivity index (χ1v) is 5.44. The van der Waals surface area contributed by atoms with E-state index in [-0.39, 0.29) is 10.8 Å². The molecule has 2 nitrogen and oxygen atoms in total. The molecule has 1 aromatic rings. The molecular formula is C8H9BrO2S. The summed E-state index contributed by atoms with van der Waals surface area (Å²) in [5.41, 5.74) is 0.957. The second-order valence-electron chi connectivity index (χ2n) is 2.17. The molecule has 0 fully saturated rings. The van der Waals surface area contributed by atoms with Crippen LogP contribution < -0.4 is 0 Å². The fraction of sp³-hybridized carbons (Fsp3) is 0.375. The minimum atomic E-state index is -0.316. The largest absolute Gasteiger partial charge is 0.465 e. The molecule has 1 atom stereocenters. The van der Waals surface area contributed by atoms with E-state index < -0.39 is 0 Å². The number of halogens is 1. The predicted octanol–water partition coefficient (Wildman–Crippen LogP) is 2.75. The Hall–Kier alpha value is -0.350. The second-order valence-corrected chi connectivity index (χ2v) is 3.87. The molecule has 4 heteroatoms. The van der Waals surface area contributed by atoms with E-state index in [0.29, 0.717) is 6.61 Å². The quantitative estimate of drug-likeness (QED) is 0.608. The normalized spacial score (nSPS) is 12.5. The van der Waals surface area contributed by atoms with E-state index in [0.717, 1.165) is 5.56 Å². The van der Waals surface area contributed by atoms with Crippen molar-refractivity contribution >= 4 is 33.2 Å². The molecule has 12 heavy (non-hydrogen) atoms. The molecule has 1 rings (SSSR count). The summed E-state index contributed by atoms with van der Waals surface area (Å²) in [4.78, 5) is 10.9. The highest BCUT2D eigenvalue weighted by atomic mass is 79.9. The Morgan fingerprint density at radius 1 is 1.83 bits per heavy atom. The Morgan fingerprint density at radius 2 is 2.58 bits per heavy atom. The molecule has 0 aliphatic carbocycles. The molecule has 1 unspecified atom stereocenters. The number of hydrogen-bond donors (Lipinski definition) is 0. The van der Waals surface area contributed by atoms with Crippen LogP contribution in [0.3, 0.4) is 0 Å². The number of alkyl halides is 1. The molecule has 0 aromatic carbocycles. The molecule has 0 aliphatic rings. The number of esters is 1. The van der Waals surface area contributed by atoms with Gasteiger partial charge in [0.05, 0.1) is 6.61 Å². The molecule has 0 saturated carbocycles. The zero-order chi connectivity index (χ0) is 8.97. The first-order chi connectivity index (χ1) is 5.75. The average molecular weight is 249 g/mol. The standard InChI is InChI=1S/C8H9BrO2S/c1-2-11-8(10)7(9)6-3-4-12-5-6/h3-5,7H,2H2,1H3. The van der Waals surface area contributed by atoms with Crippen molar-refractivity contribution in [1.82, 2.24) is 0 Å². The number of hydrogen-bond acceptors (Lipinski definition) is 3. The van der Waals surface area contributed by atoms with Gasteiger partial charge in [0, 0.05) is 0 Å². The predicted molar refractivity (Wildman–Crippen MR) is 52.6 cm³/mol. The number of carbonyl (C=O) groups excluding carboxylic acids is 1. The molecule has 0 saturated heterocycles. The molecule has 66 valence electrons. The molecule has 0 radical (unpaired) electrons. The number of carbonyl (C=O) groups is 1. The van der Waals surface area contributed by atoms with Crippen LogP contribution in [0.4, 0.5) is 0 Å². The second kappa shape index (κ2) is 4.62. The van der Waals surface area contributed by atoms with Crippen molar-refractivity contribution < 1.29 is 9.53 Å². The van der Waals surface area contributed by atoms with Crippen molar-refractivity contribution in [2.75, 3.05) is 6.61 Å². The molecular weight excluding hydrogens is 240 g/mol. The van der Waals surface area contributed by atoms with Crippen molar-refractivity contribution in [3.8, 4) is 0 Å². The maximum absolute atomic E-state index is 11.2. The number of thiophene rings is 1. The Kier molecular flexibility index (Phi) is 3.75. The smallest absolute Gasteiger partial charge is 0.324 e. The molecule has 1 heterocycles. The maximum Gasteiger partial charge on any atom is 0.324 e. The zero-order valence-electron chi connectivity index (χ0n) is 6.62. The summed E-state index contributed by atoms with van der Waals surface area (Å²) >= 11 is 4.83. The zero-order valence-corrected chi connectivity index (χ0v) is 9.02. The van der Waals surface area contributed by atoms with Gasteiger partial charge in [-0.1, -0.05) is 15.9 Å². The van der Waals surface area contributed by atoms with Crippen molar-refractivity contribution in [3.05, 3.63) is 22.4 Å². The van der Waals surface area contributed by atoms with Crippen LogP contribution in [0.15, 0.2) is 16.8 Å². The molecule has 0 N–H and O–H groups in total. The minimum Gasteiger partial charge on any atom is -0.465 e. The van der Waals surface area contributed by atoms with Crippen molar-refractivity contribution in [3.63, 3.8) is 0 Å². The van der Waals surface area contributed by atoms with Crippen LogP contribution in [0.1, 0.15) is 17.3 Å². The average Bonchev–Trinajstić information content (AvgIpc) is 2.55. The van der Waals surface area contributed by atoms with E-state index in [2.05, 4.69) is 15.9 Å². The fourth-order valence-electron chi connectivity index (χ4n) is 0.771. The van der Waals surface area contributed by atoms with Crippen LogP contribution in [-0.2, 0) is 9.53 Å². The summed E-state index contributed by atoms with van der Waals surface area (Å²) in [5, 5.41) is 3.86. The summed E-state index contributed by atoms with van der Waals surface area (Å²) in [6.45, 7) is 2.22. The highest BCUT2D eigenvalue weighted by Crippen LogP contribution is 2.25. The maximum atomic E-state index is 11.2. The van der Waals surface area contributed by atoms with E-state index >= 15 is 0 Å². The van der Waals surface area contributed by atoms with Crippen LogP contribution in [0.5, 0.6) is 0 Å².